The molecule has 0 saturated carbocycles. The molecule has 0 saturated heterocycles. The second-order valence-electron chi connectivity index (χ2n) is 4.54. The SMILES string of the molecule is NCC(CN1C(=O)CCOc2ccccc21)C(F)(F)F. The maximum absolute atomic E-state index is 12.8. The second-order valence-corrected chi connectivity index (χ2v) is 4.54. The molecule has 0 radical (unpaired) electrons. The van der Waals surface area contributed by atoms with Gasteiger partial charge in [0.25, 0.3) is 0 Å². The summed E-state index contributed by atoms with van der Waals surface area (Å²) in [6.07, 6.45) is -4.39. The highest BCUT2D eigenvalue weighted by atomic mass is 19.4. The van der Waals surface area contributed by atoms with E-state index in [1.54, 1.807) is 24.3 Å². The molecule has 0 bridgehead atoms. The minimum Gasteiger partial charge on any atom is -0.491 e. The number of rotatable bonds is 3. The summed E-state index contributed by atoms with van der Waals surface area (Å²) in [7, 11) is 0. The van der Waals surface area contributed by atoms with Crippen LogP contribution in [0.1, 0.15) is 6.42 Å². The Morgan fingerprint density at radius 1 is 1.35 bits per heavy atom. The molecule has 1 atom stereocenters. The first kappa shape index (κ1) is 14.6. The molecule has 0 fully saturated rings. The Hall–Kier alpha value is -1.76. The molecule has 2 rings (SSSR count). The molecule has 0 spiro atoms. The van der Waals surface area contributed by atoms with E-state index >= 15 is 0 Å². The number of carbonyl (C=O) groups is 1. The number of fused-ring (bicyclic) bond motifs is 1. The number of alkyl halides is 3. The van der Waals surface area contributed by atoms with Gasteiger partial charge in [0.1, 0.15) is 5.75 Å². The number of anilines is 1. The summed E-state index contributed by atoms with van der Waals surface area (Å²) in [4.78, 5) is 13.1. The molecule has 2 N–H and O–H groups in total. The normalized spacial score (nSPS) is 17.2. The number of benzene rings is 1. The number of hydrogen-bond acceptors (Lipinski definition) is 3. The Labute approximate surface area is 114 Å². The van der Waals surface area contributed by atoms with Gasteiger partial charge in [0.2, 0.25) is 5.91 Å². The maximum Gasteiger partial charge on any atom is 0.394 e. The average molecular weight is 288 g/mol. The van der Waals surface area contributed by atoms with Crippen molar-refractivity contribution in [1.29, 1.82) is 0 Å². The minimum absolute atomic E-state index is 0.0455. The number of carbonyl (C=O) groups excluding carboxylic acids is 1. The van der Waals surface area contributed by atoms with Crippen molar-refractivity contribution >= 4 is 11.6 Å². The van der Waals surface area contributed by atoms with Gasteiger partial charge in [0.05, 0.1) is 24.6 Å². The molecule has 0 aliphatic carbocycles. The Morgan fingerprint density at radius 3 is 2.70 bits per heavy atom. The Kier molecular flexibility index (Phi) is 4.17. The molecule has 1 unspecified atom stereocenters. The lowest BCUT2D eigenvalue weighted by Crippen LogP contribution is -2.43. The average Bonchev–Trinajstić information content (AvgIpc) is 2.54. The van der Waals surface area contributed by atoms with Crippen molar-refractivity contribution in [3.05, 3.63) is 24.3 Å². The van der Waals surface area contributed by atoms with E-state index in [4.69, 9.17) is 10.5 Å². The maximum atomic E-state index is 12.8. The fourth-order valence-corrected chi connectivity index (χ4v) is 2.05. The van der Waals surface area contributed by atoms with Gasteiger partial charge in [-0.25, -0.2) is 0 Å². The van der Waals surface area contributed by atoms with Gasteiger partial charge in [0, 0.05) is 13.1 Å². The van der Waals surface area contributed by atoms with Gasteiger partial charge in [-0.1, -0.05) is 12.1 Å². The lowest BCUT2D eigenvalue weighted by Gasteiger charge is -2.27. The molecular weight excluding hydrogens is 273 g/mol. The number of hydrogen-bond donors (Lipinski definition) is 1. The molecule has 1 amide bonds. The summed E-state index contributed by atoms with van der Waals surface area (Å²) in [5.41, 5.74) is 5.55. The first-order valence-corrected chi connectivity index (χ1v) is 6.22. The quantitative estimate of drug-likeness (QED) is 0.924. The molecule has 0 aromatic heterocycles. The first-order valence-electron chi connectivity index (χ1n) is 6.22. The zero-order chi connectivity index (χ0) is 14.8. The van der Waals surface area contributed by atoms with Gasteiger partial charge in [-0.05, 0) is 12.1 Å². The van der Waals surface area contributed by atoms with E-state index in [1.807, 2.05) is 0 Å². The summed E-state index contributed by atoms with van der Waals surface area (Å²) >= 11 is 0. The van der Waals surface area contributed by atoms with Gasteiger partial charge in [-0.2, -0.15) is 13.2 Å². The Balaban J connectivity index is 2.31. The van der Waals surface area contributed by atoms with Crippen LogP contribution in [0.2, 0.25) is 0 Å². The van der Waals surface area contributed by atoms with Crippen molar-refractivity contribution in [3.8, 4) is 5.75 Å². The third-order valence-electron chi connectivity index (χ3n) is 3.18. The van der Waals surface area contributed by atoms with Crippen LogP contribution < -0.4 is 15.4 Å². The fraction of sp³-hybridized carbons (Fsp3) is 0.462. The van der Waals surface area contributed by atoms with Crippen LogP contribution in [0, 0.1) is 5.92 Å². The van der Waals surface area contributed by atoms with Gasteiger partial charge in [0.15, 0.2) is 0 Å². The third-order valence-corrected chi connectivity index (χ3v) is 3.18. The lowest BCUT2D eigenvalue weighted by molar-refractivity contribution is -0.169. The Morgan fingerprint density at radius 2 is 2.05 bits per heavy atom. The van der Waals surface area contributed by atoms with E-state index in [0.29, 0.717) is 11.4 Å². The van der Waals surface area contributed by atoms with Crippen LogP contribution in [0.5, 0.6) is 5.75 Å². The molecule has 1 aliphatic heterocycles. The van der Waals surface area contributed by atoms with Crippen LogP contribution in [0.4, 0.5) is 18.9 Å². The standard InChI is InChI=1S/C13H15F3N2O2/c14-13(15,16)9(7-17)8-18-10-3-1-2-4-11(10)20-6-5-12(18)19/h1-4,9H,5-8,17H2. The number of ether oxygens (including phenoxy) is 1. The van der Waals surface area contributed by atoms with Crippen molar-refractivity contribution in [2.75, 3.05) is 24.6 Å². The zero-order valence-corrected chi connectivity index (χ0v) is 10.7. The molecule has 1 aromatic carbocycles. The molecule has 7 heteroatoms. The van der Waals surface area contributed by atoms with Gasteiger partial charge < -0.3 is 15.4 Å². The zero-order valence-electron chi connectivity index (χ0n) is 10.7. The van der Waals surface area contributed by atoms with Crippen LogP contribution in [0.15, 0.2) is 24.3 Å². The van der Waals surface area contributed by atoms with E-state index in [0.717, 1.165) is 4.90 Å². The summed E-state index contributed by atoms with van der Waals surface area (Å²) in [6.45, 7) is -0.888. The van der Waals surface area contributed by atoms with E-state index in [1.165, 1.54) is 0 Å². The number of nitrogens with two attached hydrogens (primary N) is 1. The predicted octanol–water partition coefficient (Wildman–Crippen LogP) is 1.94. The first-order chi connectivity index (χ1) is 9.43. The lowest BCUT2D eigenvalue weighted by atomic mass is 10.1. The van der Waals surface area contributed by atoms with E-state index in [2.05, 4.69) is 0 Å². The number of amides is 1. The van der Waals surface area contributed by atoms with E-state index < -0.39 is 31.1 Å². The molecule has 20 heavy (non-hydrogen) atoms. The summed E-state index contributed by atoms with van der Waals surface area (Å²) < 4.78 is 43.9. The highest BCUT2D eigenvalue weighted by Crippen LogP contribution is 2.34. The second kappa shape index (κ2) is 5.70. The highest BCUT2D eigenvalue weighted by molar-refractivity contribution is 5.95. The van der Waals surface area contributed by atoms with Crippen molar-refractivity contribution in [1.82, 2.24) is 0 Å². The molecule has 1 heterocycles. The van der Waals surface area contributed by atoms with Gasteiger partial charge in [-0.15, -0.1) is 0 Å². The van der Waals surface area contributed by atoms with Crippen LogP contribution >= 0.6 is 0 Å². The summed E-state index contributed by atoms with van der Waals surface area (Å²) in [5, 5.41) is 0. The molecule has 1 aromatic rings. The molecule has 110 valence electrons. The van der Waals surface area contributed by atoms with E-state index in [-0.39, 0.29) is 13.0 Å². The van der Waals surface area contributed by atoms with Gasteiger partial charge >= 0.3 is 6.18 Å². The fourth-order valence-electron chi connectivity index (χ4n) is 2.05. The number of para-hydroxylation sites is 2. The van der Waals surface area contributed by atoms with E-state index in [9.17, 15) is 18.0 Å². The topological polar surface area (TPSA) is 55.6 Å². The minimum atomic E-state index is -4.43. The predicted molar refractivity (Wildman–Crippen MR) is 67.5 cm³/mol. The smallest absolute Gasteiger partial charge is 0.394 e. The van der Waals surface area contributed by atoms with Crippen molar-refractivity contribution in [2.45, 2.75) is 12.6 Å². The third kappa shape index (κ3) is 3.04. The van der Waals surface area contributed by atoms with Crippen molar-refractivity contribution < 1.29 is 22.7 Å². The number of halogens is 3. The van der Waals surface area contributed by atoms with Crippen LogP contribution in [0.3, 0.4) is 0 Å². The molecule has 4 nitrogen and oxygen atoms in total. The van der Waals surface area contributed by atoms with Gasteiger partial charge in [-0.3, -0.25) is 4.79 Å². The molecular formula is C13H15F3N2O2. The molecule has 1 aliphatic rings. The summed E-state index contributed by atoms with van der Waals surface area (Å²) in [6, 6.07) is 6.56. The van der Waals surface area contributed by atoms with Crippen molar-refractivity contribution in [3.63, 3.8) is 0 Å². The van der Waals surface area contributed by atoms with Crippen LogP contribution in [-0.2, 0) is 4.79 Å². The summed E-state index contributed by atoms with van der Waals surface area (Å²) in [5.74, 6) is -1.73. The monoisotopic (exact) mass is 288 g/mol. The Bertz CT molecular complexity index is 491. The number of nitrogens with zero attached hydrogens (tertiary/aromatic N) is 1. The van der Waals surface area contributed by atoms with Crippen molar-refractivity contribution in [2.24, 2.45) is 11.7 Å². The van der Waals surface area contributed by atoms with Crippen LogP contribution in [0.25, 0.3) is 0 Å². The largest absolute Gasteiger partial charge is 0.491 e. The van der Waals surface area contributed by atoms with Crippen LogP contribution in [-0.4, -0.2) is 31.8 Å². The highest BCUT2D eigenvalue weighted by Gasteiger charge is 2.41.